The molecule has 4 rings (SSSR count). The lowest BCUT2D eigenvalue weighted by Gasteiger charge is -2.51. The summed E-state index contributed by atoms with van der Waals surface area (Å²) in [6.07, 6.45) is 6.51. The fourth-order valence-corrected chi connectivity index (χ4v) is 4.70. The lowest BCUT2D eigenvalue weighted by Crippen LogP contribution is -2.58. The molecule has 4 heterocycles. The standard InChI is InChI=1S/C20H30N6O/c1-15(2)12-25-9-5-17-19(22-14-21-17)20(25)6-10-24(11-7-20)18(27)13-26-16(3)4-8-23-26/h4,8,14-15H,5-7,9-13H2,1-3H3,(H,21,22). The summed E-state index contributed by atoms with van der Waals surface area (Å²) in [5, 5.41) is 4.25. The Balaban J connectivity index is 1.50. The third kappa shape index (κ3) is 3.29. The van der Waals surface area contributed by atoms with E-state index >= 15 is 0 Å². The van der Waals surface area contributed by atoms with Crippen molar-refractivity contribution < 1.29 is 4.79 Å². The first kappa shape index (κ1) is 18.2. The highest BCUT2D eigenvalue weighted by molar-refractivity contribution is 5.76. The molecule has 0 unspecified atom stereocenters. The summed E-state index contributed by atoms with van der Waals surface area (Å²) in [7, 11) is 0. The van der Waals surface area contributed by atoms with Crippen molar-refractivity contribution in [2.45, 2.75) is 52.1 Å². The van der Waals surface area contributed by atoms with Crippen molar-refractivity contribution in [2.75, 3.05) is 26.2 Å². The van der Waals surface area contributed by atoms with Crippen LogP contribution in [-0.2, 0) is 23.3 Å². The second-order valence-electron chi connectivity index (χ2n) is 8.36. The number of fused-ring (bicyclic) bond motifs is 2. The fraction of sp³-hybridized carbons (Fsp3) is 0.650. The van der Waals surface area contributed by atoms with Gasteiger partial charge >= 0.3 is 0 Å². The third-order valence-corrected chi connectivity index (χ3v) is 6.14. The van der Waals surface area contributed by atoms with Crippen molar-refractivity contribution in [3.8, 4) is 0 Å². The van der Waals surface area contributed by atoms with E-state index in [2.05, 4.69) is 28.8 Å². The number of aromatic amines is 1. The van der Waals surface area contributed by atoms with Crippen LogP contribution >= 0.6 is 0 Å². The van der Waals surface area contributed by atoms with E-state index in [1.165, 1.54) is 11.4 Å². The number of aromatic nitrogens is 4. The molecule has 2 aliphatic rings. The van der Waals surface area contributed by atoms with Crippen LogP contribution in [0.4, 0.5) is 0 Å². The minimum absolute atomic E-state index is 0.0315. The normalized spacial score (nSPS) is 19.6. The van der Waals surface area contributed by atoms with Crippen molar-refractivity contribution in [3.05, 3.63) is 35.7 Å². The van der Waals surface area contributed by atoms with E-state index in [9.17, 15) is 4.79 Å². The van der Waals surface area contributed by atoms with Crippen LogP contribution in [0.1, 0.15) is 43.8 Å². The highest BCUT2D eigenvalue weighted by atomic mass is 16.2. The Hall–Kier alpha value is -2.15. The van der Waals surface area contributed by atoms with Gasteiger partial charge in [-0.25, -0.2) is 4.98 Å². The van der Waals surface area contributed by atoms with Crippen molar-refractivity contribution in [3.63, 3.8) is 0 Å². The Morgan fingerprint density at radius 3 is 2.74 bits per heavy atom. The number of amides is 1. The van der Waals surface area contributed by atoms with Crippen molar-refractivity contribution >= 4 is 5.91 Å². The van der Waals surface area contributed by atoms with Crippen molar-refractivity contribution in [2.24, 2.45) is 5.92 Å². The molecule has 1 amide bonds. The molecular weight excluding hydrogens is 340 g/mol. The highest BCUT2D eigenvalue weighted by Gasteiger charge is 2.47. The van der Waals surface area contributed by atoms with Gasteiger partial charge in [-0.1, -0.05) is 13.8 Å². The van der Waals surface area contributed by atoms with Crippen LogP contribution in [0, 0.1) is 12.8 Å². The SMILES string of the molecule is Cc1ccnn1CC(=O)N1CCC2(CC1)c1nc[nH]c1CCN2CC(C)C. The van der Waals surface area contributed by atoms with Gasteiger partial charge in [-0.05, 0) is 31.7 Å². The highest BCUT2D eigenvalue weighted by Crippen LogP contribution is 2.42. The molecule has 1 fully saturated rings. The quantitative estimate of drug-likeness (QED) is 0.893. The van der Waals surface area contributed by atoms with Crippen molar-refractivity contribution in [1.82, 2.24) is 29.5 Å². The van der Waals surface area contributed by atoms with Gasteiger partial charge in [-0.15, -0.1) is 0 Å². The molecule has 27 heavy (non-hydrogen) atoms. The molecule has 2 aromatic rings. The summed E-state index contributed by atoms with van der Waals surface area (Å²) < 4.78 is 1.78. The fourth-order valence-electron chi connectivity index (χ4n) is 4.70. The number of H-pyrrole nitrogens is 1. The van der Waals surface area contributed by atoms with Crippen LogP contribution in [0.25, 0.3) is 0 Å². The van der Waals surface area contributed by atoms with Crippen LogP contribution in [-0.4, -0.2) is 61.6 Å². The Kier molecular flexibility index (Phi) is 4.80. The number of hydrogen-bond donors (Lipinski definition) is 1. The number of carbonyl (C=O) groups excluding carboxylic acids is 1. The zero-order valence-electron chi connectivity index (χ0n) is 16.6. The maximum Gasteiger partial charge on any atom is 0.244 e. The summed E-state index contributed by atoms with van der Waals surface area (Å²) in [6.45, 7) is 10.6. The van der Waals surface area contributed by atoms with Crippen LogP contribution in [0.2, 0.25) is 0 Å². The molecular formula is C20H30N6O. The predicted octanol–water partition coefficient (Wildman–Crippen LogP) is 1.95. The van der Waals surface area contributed by atoms with Crippen LogP contribution in [0.5, 0.6) is 0 Å². The molecule has 7 nitrogen and oxygen atoms in total. The number of nitrogens with zero attached hydrogens (tertiary/aromatic N) is 5. The topological polar surface area (TPSA) is 70.0 Å². The number of imidazole rings is 1. The number of nitrogens with one attached hydrogen (secondary N) is 1. The number of carbonyl (C=O) groups is 1. The van der Waals surface area contributed by atoms with Gasteiger partial charge in [0.05, 0.1) is 17.6 Å². The van der Waals surface area contributed by atoms with Gasteiger partial charge in [0.2, 0.25) is 5.91 Å². The van der Waals surface area contributed by atoms with Gasteiger partial charge in [0.1, 0.15) is 6.54 Å². The zero-order valence-corrected chi connectivity index (χ0v) is 16.6. The smallest absolute Gasteiger partial charge is 0.244 e. The lowest BCUT2D eigenvalue weighted by atomic mass is 9.78. The summed E-state index contributed by atoms with van der Waals surface area (Å²) in [5.41, 5.74) is 3.48. The molecule has 0 saturated carbocycles. The molecule has 1 saturated heterocycles. The Labute approximate surface area is 160 Å². The molecule has 0 aliphatic carbocycles. The molecule has 0 aromatic carbocycles. The average Bonchev–Trinajstić information content (AvgIpc) is 3.28. The summed E-state index contributed by atoms with van der Waals surface area (Å²) >= 11 is 0. The second kappa shape index (κ2) is 7.11. The van der Waals surface area contributed by atoms with E-state index in [-0.39, 0.29) is 11.4 Å². The zero-order chi connectivity index (χ0) is 19.0. The largest absolute Gasteiger partial charge is 0.348 e. The Morgan fingerprint density at radius 1 is 1.30 bits per heavy atom. The maximum atomic E-state index is 12.8. The van der Waals surface area contributed by atoms with E-state index in [4.69, 9.17) is 4.98 Å². The monoisotopic (exact) mass is 370 g/mol. The summed E-state index contributed by atoms with van der Waals surface area (Å²) in [6, 6.07) is 1.93. The number of hydrogen-bond acceptors (Lipinski definition) is 4. The minimum atomic E-state index is -0.0315. The van der Waals surface area contributed by atoms with Gasteiger partial charge in [0.15, 0.2) is 0 Å². The molecule has 146 valence electrons. The number of piperidine rings is 1. The molecule has 1 spiro atoms. The average molecular weight is 371 g/mol. The molecule has 2 aromatic heterocycles. The van der Waals surface area contributed by atoms with Crippen LogP contribution in [0.3, 0.4) is 0 Å². The molecule has 0 bridgehead atoms. The number of rotatable bonds is 4. The van der Waals surface area contributed by atoms with Crippen molar-refractivity contribution in [1.29, 1.82) is 0 Å². The molecule has 2 aliphatic heterocycles. The van der Waals surface area contributed by atoms with E-state index in [0.29, 0.717) is 12.5 Å². The molecule has 0 atom stereocenters. The maximum absolute atomic E-state index is 12.8. The van der Waals surface area contributed by atoms with Crippen LogP contribution in [0.15, 0.2) is 18.6 Å². The first-order valence-electron chi connectivity index (χ1n) is 10.0. The Morgan fingerprint density at radius 2 is 2.07 bits per heavy atom. The predicted molar refractivity (Wildman–Crippen MR) is 103 cm³/mol. The van der Waals surface area contributed by atoms with E-state index < -0.39 is 0 Å². The molecule has 7 heteroatoms. The van der Waals surface area contributed by atoms with E-state index in [0.717, 1.165) is 51.1 Å². The first-order chi connectivity index (χ1) is 13.0. The lowest BCUT2D eigenvalue weighted by molar-refractivity contribution is -0.135. The van der Waals surface area contributed by atoms with Gasteiger partial charge in [0, 0.05) is 50.2 Å². The molecule has 0 radical (unpaired) electrons. The summed E-state index contributed by atoms with van der Waals surface area (Å²) in [4.78, 5) is 25.5. The second-order valence-corrected chi connectivity index (χ2v) is 8.36. The van der Waals surface area contributed by atoms with E-state index in [1.54, 1.807) is 10.9 Å². The van der Waals surface area contributed by atoms with Gasteiger partial charge in [-0.3, -0.25) is 14.4 Å². The van der Waals surface area contributed by atoms with Gasteiger partial charge < -0.3 is 9.88 Å². The summed E-state index contributed by atoms with van der Waals surface area (Å²) in [5.74, 6) is 0.773. The minimum Gasteiger partial charge on any atom is -0.348 e. The first-order valence-corrected chi connectivity index (χ1v) is 10.0. The number of aryl methyl sites for hydroxylation is 1. The number of likely N-dealkylation sites (tertiary alicyclic amines) is 1. The van der Waals surface area contributed by atoms with E-state index in [1.807, 2.05) is 24.2 Å². The van der Waals surface area contributed by atoms with Gasteiger partial charge in [0.25, 0.3) is 0 Å². The Bertz CT molecular complexity index is 799. The van der Waals surface area contributed by atoms with Gasteiger partial charge in [-0.2, -0.15) is 5.10 Å². The van der Waals surface area contributed by atoms with Crippen LogP contribution < -0.4 is 0 Å². The third-order valence-electron chi connectivity index (χ3n) is 6.14. The molecule has 1 N–H and O–H groups in total.